The topological polar surface area (TPSA) is 46.5 Å². The van der Waals surface area contributed by atoms with E-state index in [0.717, 1.165) is 11.6 Å². The highest BCUT2D eigenvalue weighted by Crippen LogP contribution is 2.38. The Hall–Kier alpha value is -2.50. The Kier molecular flexibility index (Phi) is 4.87. The lowest BCUT2D eigenvalue weighted by molar-refractivity contribution is -0.137. The lowest BCUT2D eigenvalue weighted by Gasteiger charge is -2.16. The number of alkyl halides is 3. The second kappa shape index (κ2) is 6.55. The molecule has 0 aliphatic rings. The molecule has 2 aromatic carbocycles. The zero-order valence-corrected chi connectivity index (χ0v) is 13.4. The molecule has 24 heavy (non-hydrogen) atoms. The number of rotatable bonds is 4. The van der Waals surface area contributed by atoms with Crippen molar-refractivity contribution < 1.29 is 27.8 Å². The van der Waals surface area contributed by atoms with Gasteiger partial charge in [-0.15, -0.1) is 0 Å². The van der Waals surface area contributed by atoms with Crippen LogP contribution in [0.15, 0.2) is 36.4 Å². The van der Waals surface area contributed by atoms with Gasteiger partial charge in [-0.2, -0.15) is 13.2 Å². The van der Waals surface area contributed by atoms with Crippen LogP contribution in [-0.2, 0) is 6.18 Å². The summed E-state index contributed by atoms with van der Waals surface area (Å²) in [5.41, 5.74) is 0.165. The number of hydrogen-bond donors (Lipinski definition) is 1. The van der Waals surface area contributed by atoms with Gasteiger partial charge in [0.1, 0.15) is 5.75 Å². The summed E-state index contributed by atoms with van der Waals surface area (Å²) >= 11 is 0. The maximum atomic E-state index is 12.9. The van der Waals surface area contributed by atoms with Crippen LogP contribution in [0.3, 0.4) is 0 Å². The average Bonchev–Trinajstić information content (AvgIpc) is 2.52. The molecule has 0 fully saturated rings. The molecule has 0 heterocycles. The van der Waals surface area contributed by atoms with Crippen molar-refractivity contribution in [1.82, 2.24) is 0 Å². The fourth-order valence-electron chi connectivity index (χ4n) is 2.43. The first-order valence-corrected chi connectivity index (χ1v) is 7.28. The van der Waals surface area contributed by atoms with Crippen molar-refractivity contribution in [3.05, 3.63) is 53.1 Å². The van der Waals surface area contributed by atoms with E-state index in [1.807, 2.05) is 19.9 Å². The van der Waals surface area contributed by atoms with Crippen molar-refractivity contribution in [2.75, 3.05) is 7.11 Å². The summed E-state index contributed by atoms with van der Waals surface area (Å²) in [7, 11) is 1.43. The van der Waals surface area contributed by atoms with Crippen LogP contribution in [-0.4, -0.2) is 18.2 Å². The van der Waals surface area contributed by atoms with Gasteiger partial charge in [0.25, 0.3) is 0 Å². The van der Waals surface area contributed by atoms with Gasteiger partial charge < -0.3 is 9.84 Å². The molecule has 0 spiro atoms. The molecule has 0 saturated heterocycles. The molecular weight excluding hydrogens is 321 g/mol. The Morgan fingerprint density at radius 1 is 1.08 bits per heavy atom. The summed E-state index contributed by atoms with van der Waals surface area (Å²) in [5.74, 6) is -0.841. The van der Waals surface area contributed by atoms with Crippen LogP contribution in [0.5, 0.6) is 5.75 Å². The van der Waals surface area contributed by atoms with Crippen LogP contribution < -0.4 is 4.74 Å². The SMILES string of the molecule is COc1ccc(C(C)C)cc1-c1ccc(C(F)(F)F)cc1C(=O)O. The minimum atomic E-state index is -4.60. The van der Waals surface area contributed by atoms with Crippen LogP contribution in [0.4, 0.5) is 13.2 Å². The number of aromatic carboxylic acids is 1. The summed E-state index contributed by atoms with van der Waals surface area (Å²) in [6, 6.07) is 7.99. The second-order valence-corrected chi connectivity index (χ2v) is 5.68. The number of methoxy groups -OCH3 is 1. The summed E-state index contributed by atoms with van der Waals surface area (Å²) in [4.78, 5) is 11.5. The molecular formula is C18H17F3O3. The largest absolute Gasteiger partial charge is 0.496 e. The fourth-order valence-corrected chi connectivity index (χ4v) is 2.43. The predicted octanol–water partition coefficient (Wildman–Crippen LogP) is 5.20. The van der Waals surface area contributed by atoms with Gasteiger partial charge in [-0.25, -0.2) is 4.79 Å². The van der Waals surface area contributed by atoms with Gasteiger partial charge in [-0.05, 0) is 41.3 Å². The molecule has 0 atom stereocenters. The van der Waals surface area contributed by atoms with Crippen LogP contribution >= 0.6 is 0 Å². The van der Waals surface area contributed by atoms with E-state index in [9.17, 15) is 23.1 Å². The van der Waals surface area contributed by atoms with Gasteiger partial charge in [-0.1, -0.05) is 26.0 Å². The molecule has 0 aliphatic carbocycles. The first-order valence-electron chi connectivity index (χ1n) is 7.28. The Morgan fingerprint density at radius 3 is 2.25 bits per heavy atom. The Labute approximate surface area is 137 Å². The maximum absolute atomic E-state index is 12.9. The van der Waals surface area contributed by atoms with Crippen LogP contribution in [0.25, 0.3) is 11.1 Å². The molecule has 0 bridgehead atoms. The first-order chi connectivity index (χ1) is 11.1. The number of carboxylic acids is 1. The van der Waals surface area contributed by atoms with Crippen molar-refractivity contribution >= 4 is 5.97 Å². The van der Waals surface area contributed by atoms with Gasteiger partial charge >= 0.3 is 12.1 Å². The summed E-state index contributed by atoms with van der Waals surface area (Å²) in [6.45, 7) is 3.94. The standard InChI is InChI=1S/C18H17F3O3/c1-10(2)11-4-7-16(24-3)14(8-11)13-6-5-12(18(19,20)21)9-15(13)17(22)23/h4-10H,1-3H3,(H,22,23). The molecule has 6 heteroatoms. The van der Waals surface area contributed by atoms with Gasteiger partial charge in [0, 0.05) is 5.56 Å². The van der Waals surface area contributed by atoms with E-state index in [0.29, 0.717) is 17.4 Å². The van der Waals surface area contributed by atoms with Crippen molar-refractivity contribution in [3.8, 4) is 16.9 Å². The predicted molar refractivity (Wildman–Crippen MR) is 84.5 cm³/mol. The van der Waals surface area contributed by atoms with Crippen molar-refractivity contribution in [2.45, 2.75) is 25.9 Å². The lowest BCUT2D eigenvalue weighted by atomic mass is 9.93. The minimum Gasteiger partial charge on any atom is -0.496 e. The third-order valence-corrected chi connectivity index (χ3v) is 3.76. The monoisotopic (exact) mass is 338 g/mol. The fraction of sp³-hybridized carbons (Fsp3) is 0.278. The first kappa shape index (κ1) is 17.8. The number of ether oxygens (including phenoxy) is 1. The molecule has 0 aliphatic heterocycles. The van der Waals surface area contributed by atoms with Crippen molar-refractivity contribution in [3.63, 3.8) is 0 Å². The Morgan fingerprint density at radius 2 is 1.75 bits per heavy atom. The second-order valence-electron chi connectivity index (χ2n) is 5.68. The number of carboxylic acid groups (broad SMARTS) is 1. The minimum absolute atomic E-state index is 0.178. The van der Waals surface area contributed by atoms with Gasteiger partial charge in [-0.3, -0.25) is 0 Å². The van der Waals surface area contributed by atoms with Crippen LogP contribution in [0.2, 0.25) is 0 Å². The molecule has 1 N–H and O–H groups in total. The number of hydrogen-bond acceptors (Lipinski definition) is 2. The molecule has 0 unspecified atom stereocenters. The molecule has 2 aromatic rings. The van der Waals surface area contributed by atoms with E-state index in [4.69, 9.17) is 4.74 Å². The quantitative estimate of drug-likeness (QED) is 0.833. The highest BCUT2D eigenvalue weighted by Gasteiger charge is 2.32. The smallest absolute Gasteiger partial charge is 0.416 e. The van der Waals surface area contributed by atoms with Crippen molar-refractivity contribution in [1.29, 1.82) is 0 Å². The van der Waals surface area contributed by atoms with Crippen molar-refractivity contribution in [2.24, 2.45) is 0 Å². The molecule has 3 nitrogen and oxygen atoms in total. The zero-order chi connectivity index (χ0) is 18.1. The van der Waals surface area contributed by atoms with E-state index in [1.54, 1.807) is 12.1 Å². The van der Waals surface area contributed by atoms with Crippen LogP contribution in [0, 0.1) is 0 Å². The van der Waals surface area contributed by atoms with E-state index in [1.165, 1.54) is 13.2 Å². The number of halogens is 3. The van der Waals surface area contributed by atoms with Gasteiger partial charge in [0.15, 0.2) is 0 Å². The lowest BCUT2D eigenvalue weighted by Crippen LogP contribution is -2.09. The van der Waals surface area contributed by atoms with E-state index < -0.39 is 23.3 Å². The van der Waals surface area contributed by atoms with E-state index in [-0.39, 0.29) is 11.5 Å². The van der Waals surface area contributed by atoms with E-state index >= 15 is 0 Å². The highest BCUT2D eigenvalue weighted by molar-refractivity contribution is 5.97. The highest BCUT2D eigenvalue weighted by atomic mass is 19.4. The Balaban J connectivity index is 2.72. The molecule has 2 rings (SSSR count). The molecule has 0 amide bonds. The Bertz CT molecular complexity index is 765. The van der Waals surface area contributed by atoms with E-state index in [2.05, 4.69) is 0 Å². The van der Waals surface area contributed by atoms with Crippen LogP contribution in [0.1, 0.15) is 41.3 Å². The molecule has 128 valence electrons. The normalized spacial score (nSPS) is 11.6. The summed E-state index contributed by atoms with van der Waals surface area (Å²) in [5, 5.41) is 9.35. The van der Waals surface area contributed by atoms with Gasteiger partial charge in [0.2, 0.25) is 0 Å². The third kappa shape index (κ3) is 3.53. The maximum Gasteiger partial charge on any atom is 0.416 e. The summed E-state index contributed by atoms with van der Waals surface area (Å²) in [6.07, 6.45) is -4.60. The van der Waals surface area contributed by atoms with Gasteiger partial charge in [0.05, 0.1) is 18.2 Å². The third-order valence-electron chi connectivity index (χ3n) is 3.76. The number of carbonyl (C=O) groups is 1. The summed E-state index contributed by atoms with van der Waals surface area (Å²) < 4.78 is 43.8. The average molecular weight is 338 g/mol. The zero-order valence-electron chi connectivity index (χ0n) is 13.4. The molecule has 0 aromatic heterocycles. The molecule has 0 saturated carbocycles. The number of benzene rings is 2. The molecule has 0 radical (unpaired) electrons.